The van der Waals surface area contributed by atoms with E-state index in [1.807, 2.05) is 6.07 Å². The first-order valence-electron chi connectivity index (χ1n) is 5.57. The van der Waals surface area contributed by atoms with Crippen LogP contribution in [-0.4, -0.2) is 38.8 Å². The molecule has 1 aromatic rings. The number of urea groups is 1. The highest BCUT2D eigenvalue weighted by Crippen LogP contribution is 2.17. The van der Waals surface area contributed by atoms with Crippen LogP contribution in [0.3, 0.4) is 0 Å². The number of imide groups is 1. The van der Waals surface area contributed by atoms with Crippen LogP contribution in [0.1, 0.15) is 0 Å². The molecule has 0 aliphatic heterocycles. The van der Waals surface area contributed by atoms with Crippen LogP contribution in [0, 0.1) is 0 Å². The maximum atomic E-state index is 11.4. The minimum atomic E-state index is -0.570. The summed E-state index contributed by atoms with van der Waals surface area (Å²) in [5.41, 5.74) is 0. The number of hydrogen-bond acceptors (Lipinski definition) is 4. The molecular weight excluding hydrogens is 316 g/mol. The summed E-state index contributed by atoms with van der Waals surface area (Å²) in [6, 6.07) is 6.51. The van der Waals surface area contributed by atoms with Gasteiger partial charge in [-0.3, -0.25) is 10.1 Å². The molecule has 1 aromatic carbocycles. The monoisotopic (exact) mass is 330 g/mol. The van der Waals surface area contributed by atoms with Gasteiger partial charge in [0, 0.05) is 18.1 Å². The molecule has 0 aliphatic carbocycles. The summed E-state index contributed by atoms with van der Waals surface area (Å²) >= 11 is 3.29. The van der Waals surface area contributed by atoms with Crippen molar-refractivity contribution in [2.45, 2.75) is 0 Å². The van der Waals surface area contributed by atoms with E-state index < -0.39 is 11.9 Å². The Kier molecular flexibility index (Phi) is 6.91. The summed E-state index contributed by atoms with van der Waals surface area (Å²) in [5, 5.41) is 4.61. The number of ether oxygens (including phenoxy) is 2. The molecule has 0 fully saturated rings. The lowest BCUT2D eigenvalue weighted by Gasteiger charge is -2.08. The minimum absolute atomic E-state index is 0.228. The van der Waals surface area contributed by atoms with Crippen LogP contribution in [-0.2, 0) is 9.53 Å². The number of methoxy groups -OCH3 is 1. The van der Waals surface area contributed by atoms with Gasteiger partial charge >= 0.3 is 6.03 Å². The smallest absolute Gasteiger partial charge is 0.321 e. The molecule has 0 spiro atoms. The van der Waals surface area contributed by atoms with Crippen molar-refractivity contribution >= 4 is 27.9 Å². The first-order valence-corrected chi connectivity index (χ1v) is 6.36. The number of carbonyl (C=O) groups is 2. The van der Waals surface area contributed by atoms with Crippen LogP contribution in [0.15, 0.2) is 28.7 Å². The first kappa shape index (κ1) is 15.5. The van der Waals surface area contributed by atoms with E-state index in [1.165, 1.54) is 7.11 Å². The number of hydrogen-bond donors (Lipinski definition) is 2. The van der Waals surface area contributed by atoms with E-state index in [0.717, 1.165) is 4.47 Å². The Balaban J connectivity index is 2.26. The van der Waals surface area contributed by atoms with Gasteiger partial charge in [-0.25, -0.2) is 4.79 Å². The van der Waals surface area contributed by atoms with Gasteiger partial charge < -0.3 is 14.8 Å². The molecule has 19 heavy (non-hydrogen) atoms. The van der Waals surface area contributed by atoms with Crippen molar-refractivity contribution in [1.29, 1.82) is 0 Å². The van der Waals surface area contributed by atoms with Crippen molar-refractivity contribution in [3.8, 4) is 5.75 Å². The van der Waals surface area contributed by atoms with E-state index in [2.05, 4.69) is 26.6 Å². The Hall–Kier alpha value is -1.60. The second-order valence-corrected chi connectivity index (χ2v) is 4.46. The topological polar surface area (TPSA) is 76.7 Å². The normalized spacial score (nSPS) is 9.79. The van der Waals surface area contributed by atoms with Crippen LogP contribution in [0.2, 0.25) is 0 Å². The van der Waals surface area contributed by atoms with Gasteiger partial charge in [-0.1, -0.05) is 22.0 Å². The van der Waals surface area contributed by atoms with Gasteiger partial charge in [0.15, 0.2) is 6.61 Å². The van der Waals surface area contributed by atoms with Crippen molar-refractivity contribution in [2.24, 2.45) is 0 Å². The maximum Gasteiger partial charge on any atom is 0.321 e. The number of carbonyl (C=O) groups excluding carboxylic acids is 2. The molecule has 0 heterocycles. The quantitative estimate of drug-likeness (QED) is 0.771. The predicted molar refractivity (Wildman–Crippen MR) is 73.1 cm³/mol. The highest BCUT2D eigenvalue weighted by Gasteiger charge is 2.07. The van der Waals surface area contributed by atoms with Crippen molar-refractivity contribution < 1.29 is 19.1 Å². The second-order valence-electron chi connectivity index (χ2n) is 3.54. The SMILES string of the molecule is COCCNC(=O)NC(=O)COc1cccc(Br)c1. The fourth-order valence-electron chi connectivity index (χ4n) is 1.18. The van der Waals surface area contributed by atoms with Crippen LogP contribution in [0.25, 0.3) is 0 Å². The molecular formula is C12H15BrN2O4. The Morgan fingerprint density at radius 2 is 2.16 bits per heavy atom. The Morgan fingerprint density at radius 1 is 1.37 bits per heavy atom. The summed E-state index contributed by atoms with van der Waals surface area (Å²) in [4.78, 5) is 22.6. The molecule has 0 unspecified atom stereocenters. The molecule has 0 saturated carbocycles. The minimum Gasteiger partial charge on any atom is -0.484 e. The summed E-state index contributed by atoms with van der Waals surface area (Å²) in [5.74, 6) is 0.0270. The highest BCUT2D eigenvalue weighted by molar-refractivity contribution is 9.10. The zero-order chi connectivity index (χ0) is 14.1. The van der Waals surface area contributed by atoms with Gasteiger partial charge in [0.2, 0.25) is 0 Å². The molecule has 1 rings (SSSR count). The van der Waals surface area contributed by atoms with E-state index in [9.17, 15) is 9.59 Å². The molecule has 6 nitrogen and oxygen atoms in total. The fourth-order valence-corrected chi connectivity index (χ4v) is 1.56. The molecule has 0 radical (unpaired) electrons. The Labute approximate surface area is 119 Å². The lowest BCUT2D eigenvalue weighted by Crippen LogP contribution is -2.42. The molecule has 2 N–H and O–H groups in total. The second kappa shape index (κ2) is 8.49. The molecule has 0 saturated heterocycles. The van der Waals surface area contributed by atoms with Crippen LogP contribution in [0.5, 0.6) is 5.75 Å². The third-order valence-electron chi connectivity index (χ3n) is 2.01. The number of benzene rings is 1. The molecule has 0 atom stereocenters. The van der Waals surface area contributed by atoms with Crippen molar-refractivity contribution in [3.05, 3.63) is 28.7 Å². The van der Waals surface area contributed by atoms with E-state index in [-0.39, 0.29) is 6.61 Å². The van der Waals surface area contributed by atoms with E-state index >= 15 is 0 Å². The Bertz CT molecular complexity index is 439. The fraction of sp³-hybridized carbons (Fsp3) is 0.333. The molecule has 7 heteroatoms. The third kappa shape index (κ3) is 6.78. The predicted octanol–water partition coefficient (Wildman–Crippen LogP) is 1.30. The average molecular weight is 331 g/mol. The number of amides is 3. The van der Waals surface area contributed by atoms with Crippen molar-refractivity contribution in [1.82, 2.24) is 10.6 Å². The summed E-state index contributed by atoms with van der Waals surface area (Å²) in [7, 11) is 1.52. The third-order valence-corrected chi connectivity index (χ3v) is 2.50. The van der Waals surface area contributed by atoms with Crippen molar-refractivity contribution in [3.63, 3.8) is 0 Å². The van der Waals surface area contributed by atoms with Crippen LogP contribution >= 0.6 is 15.9 Å². The van der Waals surface area contributed by atoms with Gasteiger partial charge in [0.25, 0.3) is 5.91 Å². The van der Waals surface area contributed by atoms with E-state index in [1.54, 1.807) is 18.2 Å². The number of halogens is 1. The summed E-state index contributed by atoms with van der Waals surface area (Å²) in [6.45, 7) is 0.492. The van der Waals surface area contributed by atoms with Gasteiger partial charge in [-0.05, 0) is 18.2 Å². The highest BCUT2D eigenvalue weighted by atomic mass is 79.9. The lowest BCUT2D eigenvalue weighted by molar-refractivity contribution is -0.122. The molecule has 0 aliphatic rings. The first-order chi connectivity index (χ1) is 9.11. The van der Waals surface area contributed by atoms with Gasteiger partial charge in [-0.2, -0.15) is 0 Å². The zero-order valence-corrected chi connectivity index (χ0v) is 12.0. The van der Waals surface area contributed by atoms with Crippen LogP contribution in [0.4, 0.5) is 4.79 Å². The van der Waals surface area contributed by atoms with Gasteiger partial charge in [0.05, 0.1) is 6.61 Å². The molecule has 0 aromatic heterocycles. The van der Waals surface area contributed by atoms with Gasteiger partial charge in [-0.15, -0.1) is 0 Å². The maximum absolute atomic E-state index is 11.4. The lowest BCUT2D eigenvalue weighted by atomic mass is 10.3. The van der Waals surface area contributed by atoms with E-state index in [4.69, 9.17) is 9.47 Å². The standard InChI is InChI=1S/C12H15BrN2O4/c1-18-6-5-14-12(17)15-11(16)8-19-10-4-2-3-9(13)7-10/h2-4,7H,5-6,8H2,1H3,(H2,14,15,16,17). The molecule has 3 amide bonds. The van der Waals surface area contributed by atoms with Crippen molar-refractivity contribution in [2.75, 3.05) is 26.9 Å². The summed E-state index contributed by atoms with van der Waals surface area (Å²) < 4.78 is 10.8. The average Bonchev–Trinajstić information content (AvgIpc) is 2.37. The largest absolute Gasteiger partial charge is 0.484 e. The van der Waals surface area contributed by atoms with E-state index in [0.29, 0.717) is 18.9 Å². The number of nitrogens with one attached hydrogen (secondary N) is 2. The molecule has 0 bridgehead atoms. The summed E-state index contributed by atoms with van der Waals surface area (Å²) in [6.07, 6.45) is 0. The Morgan fingerprint density at radius 3 is 2.84 bits per heavy atom. The van der Waals surface area contributed by atoms with Gasteiger partial charge in [0.1, 0.15) is 5.75 Å². The van der Waals surface area contributed by atoms with Crippen LogP contribution < -0.4 is 15.4 Å². The number of rotatable bonds is 6. The zero-order valence-electron chi connectivity index (χ0n) is 10.4. The molecule has 104 valence electrons.